The molecule has 0 aromatic heterocycles. The van der Waals surface area contributed by atoms with Gasteiger partial charge in [0, 0.05) is 6.92 Å². The molecule has 14 heavy (non-hydrogen) atoms. The molecule has 5 heteroatoms. The van der Waals surface area contributed by atoms with Crippen molar-refractivity contribution in [1.82, 2.24) is 5.06 Å². The summed E-state index contributed by atoms with van der Waals surface area (Å²) in [5, 5.41) is 0.636. The smallest absolute Gasteiger partial charge is 0.330 e. The molecular weight excluding hydrogens is 186 g/mol. The highest BCUT2D eigenvalue weighted by atomic mass is 16.7. The third kappa shape index (κ3) is 1.20. The van der Waals surface area contributed by atoms with Crippen LogP contribution in [0.1, 0.15) is 26.2 Å². The Morgan fingerprint density at radius 2 is 1.79 bits per heavy atom. The van der Waals surface area contributed by atoms with Gasteiger partial charge in [-0.3, -0.25) is 9.59 Å². The molecule has 2 aliphatic rings. The Balaban J connectivity index is 2.17. The van der Waals surface area contributed by atoms with Gasteiger partial charge in [0.25, 0.3) is 11.8 Å². The molecule has 0 N–H and O–H groups in total. The van der Waals surface area contributed by atoms with Crippen LogP contribution in [0.3, 0.4) is 0 Å². The van der Waals surface area contributed by atoms with Crippen molar-refractivity contribution in [2.45, 2.75) is 26.2 Å². The Kier molecular flexibility index (Phi) is 2.02. The molecular formula is C9H11NO4. The van der Waals surface area contributed by atoms with Crippen LogP contribution < -0.4 is 0 Å². The summed E-state index contributed by atoms with van der Waals surface area (Å²) in [5.74, 6) is -1.84. The molecule has 0 spiro atoms. The minimum Gasteiger partial charge on any atom is -0.331 e. The maximum absolute atomic E-state index is 11.6. The molecule has 0 aromatic carbocycles. The molecule has 1 saturated carbocycles. The van der Waals surface area contributed by atoms with Gasteiger partial charge in [-0.1, -0.05) is 6.42 Å². The van der Waals surface area contributed by atoms with Gasteiger partial charge in [-0.2, -0.15) is 0 Å². The maximum Gasteiger partial charge on any atom is 0.330 e. The van der Waals surface area contributed by atoms with Crippen LogP contribution in [0.5, 0.6) is 0 Å². The van der Waals surface area contributed by atoms with Crippen LogP contribution in [0.15, 0.2) is 0 Å². The van der Waals surface area contributed by atoms with Crippen molar-refractivity contribution in [3.05, 3.63) is 0 Å². The third-order valence-corrected chi connectivity index (χ3v) is 2.77. The highest BCUT2D eigenvalue weighted by Crippen LogP contribution is 2.39. The molecule has 5 nitrogen and oxygen atoms in total. The van der Waals surface area contributed by atoms with Crippen LogP contribution in [0.2, 0.25) is 0 Å². The highest BCUT2D eigenvalue weighted by molar-refractivity contribution is 6.05. The molecule has 1 aliphatic carbocycles. The summed E-state index contributed by atoms with van der Waals surface area (Å²) in [6, 6.07) is 0. The minimum absolute atomic E-state index is 0.248. The third-order valence-electron chi connectivity index (χ3n) is 2.77. The van der Waals surface area contributed by atoms with Crippen molar-refractivity contribution in [2.24, 2.45) is 11.8 Å². The summed E-state index contributed by atoms with van der Waals surface area (Å²) in [5.41, 5.74) is 0. The monoisotopic (exact) mass is 197 g/mol. The fraction of sp³-hybridized carbons (Fsp3) is 0.667. The van der Waals surface area contributed by atoms with Crippen LogP contribution in [0, 0.1) is 11.8 Å². The van der Waals surface area contributed by atoms with Gasteiger partial charge in [0.05, 0.1) is 11.8 Å². The zero-order chi connectivity index (χ0) is 10.3. The van der Waals surface area contributed by atoms with Gasteiger partial charge in [-0.05, 0) is 12.8 Å². The van der Waals surface area contributed by atoms with Gasteiger partial charge in [0.2, 0.25) is 0 Å². The second kappa shape index (κ2) is 3.08. The van der Waals surface area contributed by atoms with E-state index in [1.807, 2.05) is 0 Å². The normalized spacial score (nSPS) is 30.8. The van der Waals surface area contributed by atoms with Gasteiger partial charge >= 0.3 is 5.97 Å². The van der Waals surface area contributed by atoms with Crippen molar-refractivity contribution >= 4 is 17.8 Å². The van der Waals surface area contributed by atoms with E-state index >= 15 is 0 Å². The quantitative estimate of drug-likeness (QED) is 0.565. The largest absolute Gasteiger partial charge is 0.331 e. The summed E-state index contributed by atoms with van der Waals surface area (Å²) >= 11 is 0. The van der Waals surface area contributed by atoms with Crippen molar-refractivity contribution in [2.75, 3.05) is 0 Å². The minimum atomic E-state index is -0.633. The van der Waals surface area contributed by atoms with E-state index in [4.69, 9.17) is 0 Å². The van der Waals surface area contributed by atoms with Crippen molar-refractivity contribution in [3.8, 4) is 0 Å². The fourth-order valence-electron chi connectivity index (χ4n) is 2.18. The van der Waals surface area contributed by atoms with Crippen LogP contribution in [-0.2, 0) is 19.2 Å². The molecule has 2 fully saturated rings. The van der Waals surface area contributed by atoms with Gasteiger partial charge < -0.3 is 4.84 Å². The lowest BCUT2D eigenvalue weighted by atomic mass is 10.00. The summed E-state index contributed by atoms with van der Waals surface area (Å²) in [6.07, 6.45) is 2.36. The molecule has 76 valence electrons. The van der Waals surface area contributed by atoms with Crippen molar-refractivity contribution in [1.29, 1.82) is 0 Å². The number of hydrogen-bond acceptors (Lipinski definition) is 4. The van der Waals surface area contributed by atoms with Crippen LogP contribution in [-0.4, -0.2) is 22.8 Å². The average Bonchev–Trinajstić information content (AvgIpc) is 2.65. The number of fused-ring (bicyclic) bond motifs is 1. The zero-order valence-corrected chi connectivity index (χ0v) is 7.86. The Hall–Kier alpha value is -1.39. The number of hydroxylamine groups is 2. The van der Waals surface area contributed by atoms with E-state index in [1.165, 1.54) is 6.92 Å². The zero-order valence-electron chi connectivity index (χ0n) is 7.86. The average molecular weight is 197 g/mol. The lowest BCUT2D eigenvalue weighted by molar-refractivity contribution is -0.197. The molecule has 1 aliphatic heterocycles. The fourth-order valence-corrected chi connectivity index (χ4v) is 2.18. The SMILES string of the molecule is CC(=O)ON1C(=O)C2CCC[C@@H]2C1=O. The number of rotatable bonds is 1. The predicted octanol–water partition coefficient (Wildman–Crippen LogP) is 0.250. The second-order valence-electron chi connectivity index (χ2n) is 3.70. The second-order valence-corrected chi connectivity index (χ2v) is 3.70. The van der Waals surface area contributed by atoms with E-state index in [0.29, 0.717) is 5.06 Å². The van der Waals surface area contributed by atoms with Gasteiger partial charge in [0.1, 0.15) is 0 Å². The molecule has 1 saturated heterocycles. The lowest BCUT2D eigenvalue weighted by Crippen LogP contribution is -2.33. The standard InChI is InChI=1S/C9H11NO4/c1-5(11)14-10-8(12)6-3-2-4-7(6)9(10)13/h6-7H,2-4H2,1H3/t6-,7?/m0/s1. The Bertz CT molecular complexity index is 290. The summed E-state index contributed by atoms with van der Waals surface area (Å²) in [4.78, 5) is 38.3. The molecule has 1 unspecified atom stereocenters. The predicted molar refractivity (Wildman–Crippen MR) is 44.5 cm³/mol. The number of nitrogens with zero attached hydrogens (tertiary/aromatic N) is 1. The Morgan fingerprint density at radius 3 is 2.21 bits per heavy atom. The van der Waals surface area contributed by atoms with Gasteiger partial charge in [-0.15, -0.1) is 5.06 Å². The van der Waals surface area contributed by atoms with E-state index in [9.17, 15) is 14.4 Å². The molecule has 2 amide bonds. The lowest BCUT2D eigenvalue weighted by Gasteiger charge is -2.12. The van der Waals surface area contributed by atoms with E-state index in [-0.39, 0.29) is 23.7 Å². The number of carbonyl (C=O) groups excluding carboxylic acids is 3. The van der Waals surface area contributed by atoms with Gasteiger partial charge in [0.15, 0.2) is 0 Å². The highest BCUT2D eigenvalue weighted by Gasteiger charge is 2.51. The Morgan fingerprint density at radius 1 is 1.29 bits per heavy atom. The topological polar surface area (TPSA) is 63.7 Å². The number of imide groups is 1. The molecule has 0 aromatic rings. The van der Waals surface area contributed by atoms with E-state index in [0.717, 1.165) is 19.3 Å². The molecule has 2 rings (SSSR count). The number of carbonyl (C=O) groups is 3. The first-order valence-corrected chi connectivity index (χ1v) is 4.67. The molecule has 0 bridgehead atoms. The van der Waals surface area contributed by atoms with Crippen LogP contribution in [0.25, 0.3) is 0 Å². The first-order chi connectivity index (χ1) is 6.61. The van der Waals surface area contributed by atoms with Crippen molar-refractivity contribution in [3.63, 3.8) is 0 Å². The van der Waals surface area contributed by atoms with Crippen LogP contribution >= 0.6 is 0 Å². The summed E-state index contributed by atoms with van der Waals surface area (Å²) in [7, 11) is 0. The first-order valence-electron chi connectivity index (χ1n) is 4.67. The van der Waals surface area contributed by atoms with Crippen LogP contribution in [0.4, 0.5) is 0 Å². The van der Waals surface area contributed by atoms with E-state index in [1.54, 1.807) is 0 Å². The summed E-state index contributed by atoms with van der Waals surface area (Å²) < 4.78 is 0. The maximum atomic E-state index is 11.6. The summed E-state index contributed by atoms with van der Waals surface area (Å²) in [6.45, 7) is 1.18. The molecule has 1 heterocycles. The molecule has 2 atom stereocenters. The molecule has 0 radical (unpaired) electrons. The number of amides is 2. The number of hydrogen-bond donors (Lipinski definition) is 0. The van der Waals surface area contributed by atoms with E-state index in [2.05, 4.69) is 4.84 Å². The van der Waals surface area contributed by atoms with Crippen molar-refractivity contribution < 1.29 is 19.2 Å². The Labute approximate surface area is 81.0 Å². The van der Waals surface area contributed by atoms with E-state index < -0.39 is 5.97 Å². The first kappa shape index (κ1) is 9.18. The van der Waals surface area contributed by atoms with Gasteiger partial charge in [-0.25, -0.2) is 4.79 Å².